The third kappa shape index (κ3) is 15.7. The maximum Gasteiger partial charge on any atom is 0.309 e. The van der Waals surface area contributed by atoms with Gasteiger partial charge in [0.2, 0.25) is 47.3 Å². The smallest absolute Gasteiger partial charge is 0.309 e. The van der Waals surface area contributed by atoms with Crippen LogP contribution in [0.4, 0.5) is 11.6 Å². The molecule has 3 aromatic carbocycles. The molecule has 468 valence electrons. The van der Waals surface area contributed by atoms with Crippen molar-refractivity contribution >= 4 is 99.7 Å². The number of carboxylic acid groups (broad SMARTS) is 3. The summed E-state index contributed by atoms with van der Waals surface area (Å²) in [5.74, 6) is -13.4. The van der Waals surface area contributed by atoms with Crippen molar-refractivity contribution in [2.75, 3.05) is 36.1 Å². The van der Waals surface area contributed by atoms with Gasteiger partial charge in [0.15, 0.2) is 11.2 Å². The van der Waals surface area contributed by atoms with Crippen molar-refractivity contribution in [1.29, 1.82) is 0 Å². The number of nitrogens with one attached hydrogen (secondary N) is 10. The fraction of sp³-hybridized carbons (Fsp3) is 0.373. The van der Waals surface area contributed by atoms with E-state index in [0.29, 0.717) is 22.9 Å². The Balaban J connectivity index is 0.823. The zero-order valence-electron chi connectivity index (χ0n) is 48.2. The summed E-state index contributed by atoms with van der Waals surface area (Å²) in [5.41, 5.74) is 6.87. The van der Waals surface area contributed by atoms with Crippen LogP contribution in [0.5, 0.6) is 0 Å². The van der Waals surface area contributed by atoms with Gasteiger partial charge in [-0.3, -0.25) is 62.5 Å². The Morgan fingerprint density at radius 3 is 1.96 bits per heavy atom. The first kappa shape index (κ1) is 64.7. The zero-order chi connectivity index (χ0) is 64.3. The van der Waals surface area contributed by atoms with Crippen LogP contribution in [-0.2, 0) is 54.5 Å². The summed E-state index contributed by atoms with van der Waals surface area (Å²) in [6, 6.07) is 16.7. The van der Waals surface area contributed by atoms with E-state index in [4.69, 9.17) is 5.73 Å². The van der Waals surface area contributed by atoms with E-state index in [1.807, 2.05) is 24.3 Å². The van der Waals surface area contributed by atoms with Gasteiger partial charge in [-0.05, 0) is 72.7 Å². The minimum Gasteiger partial charge on any atom is -0.481 e. The number of anilines is 2. The number of aliphatic carboxylic acids is 3. The molecule has 3 aliphatic carbocycles. The van der Waals surface area contributed by atoms with Gasteiger partial charge in [-0.15, -0.1) is 6.58 Å². The van der Waals surface area contributed by atoms with E-state index < -0.39 is 144 Å². The molecule has 30 heteroatoms. The van der Waals surface area contributed by atoms with Gasteiger partial charge in [0, 0.05) is 67.1 Å². The second kappa shape index (κ2) is 28.1. The molecule has 0 spiro atoms. The first-order valence-corrected chi connectivity index (χ1v) is 29.4. The molecule has 0 radical (unpaired) electrons. The van der Waals surface area contributed by atoms with E-state index in [1.165, 1.54) is 42.6 Å². The van der Waals surface area contributed by atoms with E-state index in [9.17, 15) is 72.9 Å². The summed E-state index contributed by atoms with van der Waals surface area (Å²) >= 11 is 1.57. The lowest BCUT2D eigenvalue weighted by Crippen LogP contribution is -2.62. The molecule has 15 N–H and O–H groups in total. The van der Waals surface area contributed by atoms with Gasteiger partial charge in [-0.2, -0.15) is 16.7 Å². The SMILES string of the molecule is C=C[C@@H]1CC1(NC(=O)[C@H](CC(=O)O)NC(=O)CC[C@@H](C)NC(=O)c1ccc(NCc2cnc3nc(N)[nH]c(=O)c3n2)cc1)C(=O)N[C@@H](CC(=O)O)C(=O)N[C@]1(C(=O)N[C@@H](CNC(=O)CCSCC2c3ccccc3-c3ccccc32)C(=O)NC)C[C@H]1C(=O)O. The second-order valence-corrected chi connectivity index (χ2v) is 22.9. The van der Waals surface area contributed by atoms with Crippen LogP contribution in [0, 0.1) is 11.8 Å². The maximum atomic E-state index is 14.2. The van der Waals surface area contributed by atoms with Gasteiger partial charge < -0.3 is 68.9 Å². The van der Waals surface area contributed by atoms with Gasteiger partial charge in [-0.25, -0.2) is 9.97 Å². The summed E-state index contributed by atoms with van der Waals surface area (Å²) in [6.45, 7) is 5.00. The molecule has 29 nitrogen and oxygen atoms in total. The number of carbonyl (C=O) groups excluding carboxylic acids is 8. The number of amides is 8. The molecule has 1 unspecified atom stereocenters. The first-order valence-electron chi connectivity index (χ1n) is 28.2. The van der Waals surface area contributed by atoms with Crippen LogP contribution in [0.15, 0.2) is 96.4 Å². The van der Waals surface area contributed by atoms with Crippen molar-refractivity contribution in [2.24, 2.45) is 11.8 Å². The molecule has 8 rings (SSSR count). The number of nitrogens with two attached hydrogens (primary N) is 1. The highest BCUT2D eigenvalue weighted by atomic mass is 32.2. The molecular weight excluding hydrogens is 1180 g/mol. The second-order valence-electron chi connectivity index (χ2n) is 21.7. The predicted molar refractivity (Wildman–Crippen MR) is 321 cm³/mol. The van der Waals surface area contributed by atoms with Gasteiger partial charge in [0.05, 0.1) is 37.2 Å². The van der Waals surface area contributed by atoms with Gasteiger partial charge in [0.25, 0.3) is 11.5 Å². The number of likely N-dealkylation sites (N-methyl/N-ethyl adjacent to an activating group) is 1. The highest BCUT2D eigenvalue weighted by Gasteiger charge is 2.66. The molecule has 0 bridgehead atoms. The number of rotatable bonds is 31. The Hall–Kier alpha value is -10.3. The summed E-state index contributed by atoms with van der Waals surface area (Å²) in [5, 5.41) is 52.2. The van der Waals surface area contributed by atoms with E-state index >= 15 is 0 Å². The molecule has 2 aromatic heterocycles. The molecular formula is C59H66N14O15S. The monoisotopic (exact) mass is 1240 g/mol. The largest absolute Gasteiger partial charge is 0.481 e. The third-order valence-corrected chi connectivity index (χ3v) is 16.5. The predicted octanol–water partition coefficient (Wildman–Crippen LogP) is 0.0281. The van der Waals surface area contributed by atoms with Crippen LogP contribution >= 0.6 is 11.8 Å². The van der Waals surface area contributed by atoms with Crippen molar-refractivity contribution in [2.45, 2.75) is 99.6 Å². The van der Waals surface area contributed by atoms with Crippen LogP contribution in [0.25, 0.3) is 22.3 Å². The number of aromatic amines is 1. The van der Waals surface area contributed by atoms with Gasteiger partial charge in [-0.1, -0.05) is 54.6 Å². The summed E-state index contributed by atoms with van der Waals surface area (Å²) in [6.07, 6.45) is -0.367. The normalized spacial score (nSPS) is 19.0. The maximum absolute atomic E-state index is 14.2. The van der Waals surface area contributed by atoms with E-state index in [1.54, 1.807) is 30.8 Å². The lowest BCUT2D eigenvalue weighted by Gasteiger charge is -2.27. The number of hydrogen-bond donors (Lipinski definition) is 14. The fourth-order valence-corrected chi connectivity index (χ4v) is 11.6. The minimum absolute atomic E-state index is 0.0102. The topological polar surface area (TPSA) is 454 Å². The van der Waals surface area contributed by atoms with Crippen molar-refractivity contribution in [3.05, 3.63) is 124 Å². The lowest BCUT2D eigenvalue weighted by molar-refractivity contribution is -0.144. The number of carbonyl (C=O) groups is 11. The van der Waals surface area contributed by atoms with Crippen LogP contribution in [-0.4, -0.2) is 161 Å². The minimum atomic E-state index is -2.28. The number of carboxylic acids is 3. The van der Waals surface area contributed by atoms with Crippen LogP contribution in [0.1, 0.15) is 85.0 Å². The van der Waals surface area contributed by atoms with E-state index in [2.05, 4.69) is 98.6 Å². The highest BCUT2D eigenvalue weighted by molar-refractivity contribution is 7.99. The molecule has 89 heavy (non-hydrogen) atoms. The van der Waals surface area contributed by atoms with Crippen LogP contribution in [0.3, 0.4) is 0 Å². The van der Waals surface area contributed by atoms with Crippen molar-refractivity contribution < 1.29 is 68.1 Å². The molecule has 2 heterocycles. The quantitative estimate of drug-likeness (QED) is 0.0206. The number of benzene rings is 3. The van der Waals surface area contributed by atoms with E-state index in [0.717, 1.165) is 11.1 Å². The number of nitrogens with zero attached hydrogens (tertiary/aromatic N) is 3. The van der Waals surface area contributed by atoms with Gasteiger partial charge in [0.1, 0.15) is 29.2 Å². The Morgan fingerprint density at radius 2 is 1.36 bits per heavy atom. The molecule has 3 aliphatic rings. The zero-order valence-corrected chi connectivity index (χ0v) is 49.0. The molecule has 0 saturated heterocycles. The van der Waals surface area contributed by atoms with Crippen LogP contribution < -0.4 is 59.1 Å². The number of H-pyrrole nitrogens is 1. The number of fused-ring (bicyclic) bond motifs is 4. The fourth-order valence-electron chi connectivity index (χ4n) is 10.5. The third-order valence-electron chi connectivity index (χ3n) is 15.5. The summed E-state index contributed by atoms with van der Waals surface area (Å²) in [4.78, 5) is 172. The Labute approximate surface area is 511 Å². The Bertz CT molecular complexity index is 3650. The average molecular weight is 1240 g/mol. The molecule has 2 saturated carbocycles. The molecule has 8 atom stereocenters. The van der Waals surface area contributed by atoms with Gasteiger partial charge >= 0.3 is 17.9 Å². The average Bonchev–Trinajstić information content (AvgIpc) is 1.62. The molecule has 0 aliphatic heterocycles. The van der Waals surface area contributed by atoms with Crippen molar-refractivity contribution in [3.63, 3.8) is 0 Å². The Morgan fingerprint density at radius 1 is 0.753 bits per heavy atom. The van der Waals surface area contributed by atoms with Crippen LogP contribution in [0.2, 0.25) is 0 Å². The number of hydrogen-bond acceptors (Lipinski definition) is 18. The highest BCUT2D eigenvalue weighted by Crippen LogP contribution is 2.47. The molecule has 5 aromatic rings. The van der Waals surface area contributed by atoms with Crippen molar-refractivity contribution in [1.82, 2.24) is 62.5 Å². The molecule has 2 fully saturated rings. The van der Waals surface area contributed by atoms with Crippen molar-refractivity contribution in [3.8, 4) is 11.1 Å². The lowest BCUT2D eigenvalue weighted by atomic mass is 9.99. The standard InChI is InChI=1S/C59H66N14O15S/c1-4-31-23-58(31,72-51(82)40(21-45(76)77)67-44(75)18-13-29(2)65-49(80)30-14-16-32(17-15-30)62-25-33-26-64-48-47(66-33)53(84)71-57(60)70-48)55(87)68-41(22-46(78)79)52(83)73-59(24-39(59)54(85)86)56(88)69-42(50(81)61-3)27-63-43(74)19-20-89-28-38-36-11-7-5-9-34(36)35-10-6-8-12-37(35)38/h4-12,14-17,26,29,31,38-42,62H,1,13,18-25,27-28H2,2-3H3,(H,61,81)(H,63,74)(H,65,80)(H,67,75)(H,68,87)(H,69,88)(H,72,82)(H,73,83)(H,76,77)(H,78,79)(H,85,86)(H3,60,64,70,71,84)/t29-,31-,39+,40+,41+,42+,58?,59-/m1/s1. The molecule has 8 amide bonds. The Kier molecular flexibility index (Phi) is 20.4. The summed E-state index contributed by atoms with van der Waals surface area (Å²) < 4.78 is 0. The number of thioether (sulfide) groups is 1. The number of nitrogen functional groups attached to an aromatic ring is 1. The number of aromatic nitrogens is 4. The van der Waals surface area contributed by atoms with E-state index in [-0.39, 0.29) is 60.8 Å². The first-order chi connectivity index (χ1) is 42.4. The summed E-state index contributed by atoms with van der Waals surface area (Å²) in [7, 11) is 1.26.